The molecule has 1 aliphatic rings. The van der Waals surface area contributed by atoms with Crippen LogP contribution in [0.1, 0.15) is 46.8 Å². The number of carbonyl (C=O) groups excluding carboxylic acids is 2. The second-order valence-electron chi connectivity index (χ2n) is 8.90. The first-order valence-electron chi connectivity index (χ1n) is 10.5. The van der Waals surface area contributed by atoms with E-state index in [1.165, 1.54) is 11.3 Å². The summed E-state index contributed by atoms with van der Waals surface area (Å²) in [7, 11) is 0. The SMILES string of the molecule is CC1(C)CC(=O)c2sc(NC(=O)CN(Cc3ccccc3)Cc3ccccc3)nc2C1. The molecule has 0 fully saturated rings. The second-order valence-corrected chi connectivity index (χ2v) is 9.90. The minimum Gasteiger partial charge on any atom is -0.301 e. The molecule has 1 aromatic heterocycles. The molecule has 0 aliphatic heterocycles. The highest BCUT2D eigenvalue weighted by molar-refractivity contribution is 7.17. The van der Waals surface area contributed by atoms with E-state index >= 15 is 0 Å². The first kappa shape index (κ1) is 21.4. The van der Waals surface area contributed by atoms with E-state index in [-0.39, 0.29) is 23.7 Å². The Labute approximate surface area is 187 Å². The van der Waals surface area contributed by atoms with Crippen molar-refractivity contribution < 1.29 is 9.59 Å². The van der Waals surface area contributed by atoms with Gasteiger partial charge in [-0.2, -0.15) is 0 Å². The zero-order valence-corrected chi connectivity index (χ0v) is 18.7. The van der Waals surface area contributed by atoms with Crippen molar-refractivity contribution in [1.29, 1.82) is 0 Å². The Morgan fingerprint density at radius 1 is 1.00 bits per heavy atom. The Hall–Kier alpha value is -2.83. The van der Waals surface area contributed by atoms with Crippen LogP contribution in [0.2, 0.25) is 0 Å². The molecule has 160 valence electrons. The van der Waals surface area contributed by atoms with E-state index in [1.807, 2.05) is 36.4 Å². The molecule has 6 heteroatoms. The van der Waals surface area contributed by atoms with E-state index in [9.17, 15) is 9.59 Å². The number of aromatic nitrogens is 1. The van der Waals surface area contributed by atoms with Gasteiger partial charge in [0.25, 0.3) is 0 Å². The summed E-state index contributed by atoms with van der Waals surface area (Å²) < 4.78 is 0. The Balaban J connectivity index is 1.45. The number of fused-ring (bicyclic) bond motifs is 1. The molecule has 31 heavy (non-hydrogen) atoms. The molecular weight excluding hydrogens is 406 g/mol. The maximum atomic E-state index is 12.9. The largest absolute Gasteiger partial charge is 0.301 e. The number of carbonyl (C=O) groups is 2. The van der Waals surface area contributed by atoms with E-state index in [0.29, 0.717) is 29.5 Å². The van der Waals surface area contributed by atoms with Crippen LogP contribution < -0.4 is 5.32 Å². The van der Waals surface area contributed by atoms with Gasteiger partial charge < -0.3 is 5.32 Å². The Morgan fingerprint density at radius 3 is 2.16 bits per heavy atom. The van der Waals surface area contributed by atoms with Crippen LogP contribution in [0.5, 0.6) is 0 Å². The summed E-state index contributed by atoms with van der Waals surface area (Å²) in [5.41, 5.74) is 3.04. The molecule has 1 N–H and O–H groups in total. The Bertz CT molecular complexity index is 1020. The predicted molar refractivity (Wildman–Crippen MR) is 124 cm³/mol. The highest BCUT2D eigenvalue weighted by Crippen LogP contribution is 2.38. The average Bonchev–Trinajstić information content (AvgIpc) is 3.10. The van der Waals surface area contributed by atoms with Crippen molar-refractivity contribution >= 4 is 28.2 Å². The van der Waals surface area contributed by atoms with Gasteiger partial charge in [-0.1, -0.05) is 85.8 Å². The molecule has 0 spiro atoms. The number of rotatable bonds is 7. The van der Waals surface area contributed by atoms with E-state index in [0.717, 1.165) is 23.2 Å². The highest BCUT2D eigenvalue weighted by Gasteiger charge is 2.34. The van der Waals surface area contributed by atoms with Gasteiger partial charge in [0.15, 0.2) is 10.9 Å². The summed E-state index contributed by atoms with van der Waals surface area (Å²) in [6, 6.07) is 20.3. The minimum atomic E-state index is -0.121. The second kappa shape index (κ2) is 9.12. The monoisotopic (exact) mass is 433 g/mol. The molecule has 3 aromatic rings. The lowest BCUT2D eigenvalue weighted by molar-refractivity contribution is -0.117. The lowest BCUT2D eigenvalue weighted by Crippen LogP contribution is -2.32. The van der Waals surface area contributed by atoms with Crippen molar-refractivity contribution in [3.63, 3.8) is 0 Å². The van der Waals surface area contributed by atoms with Gasteiger partial charge in [0, 0.05) is 19.5 Å². The molecule has 0 unspecified atom stereocenters. The predicted octanol–water partition coefficient (Wildman–Crippen LogP) is 4.94. The molecule has 0 atom stereocenters. The first-order chi connectivity index (χ1) is 14.9. The molecule has 0 saturated heterocycles. The number of thiazole rings is 1. The number of nitrogens with one attached hydrogen (secondary N) is 1. The lowest BCUT2D eigenvalue weighted by atomic mass is 9.78. The van der Waals surface area contributed by atoms with Crippen LogP contribution in [-0.2, 0) is 24.3 Å². The third-order valence-corrected chi connectivity index (χ3v) is 6.40. The van der Waals surface area contributed by atoms with Crippen molar-refractivity contribution in [2.75, 3.05) is 11.9 Å². The number of nitrogens with zero attached hydrogens (tertiary/aromatic N) is 2. The summed E-state index contributed by atoms with van der Waals surface area (Å²) in [6.45, 7) is 5.74. The Kier molecular flexibility index (Phi) is 6.30. The standard InChI is InChI=1S/C25H27N3O2S/c1-25(2)13-20-23(21(29)14-25)31-24(26-20)27-22(30)17-28(15-18-9-5-3-6-10-18)16-19-11-7-4-8-12-19/h3-12H,13-17H2,1-2H3,(H,26,27,30). The van der Waals surface area contributed by atoms with Crippen LogP contribution in [-0.4, -0.2) is 28.1 Å². The molecule has 1 amide bonds. The maximum absolute atomic E-state index is 12.9. The third-order valence-electron chi connectivity index (χ3n) is 5.35. The zero-order chi connectivity index (χ0) is 21.8. The molecule has 2 aromatic carbocycles. The highest BCUT2D eigenvalue weighted by atomic mass is 32.1. The lowest BCUT2D eigenvalue weighted by Gasteiger charge is -2.26. The molecule has 1 aliphatic carbocycles. The number of hydrogen-bond donors (Lipinski definition) is 1. The van der Waals surface area contributed by atoms with Crippen LogP contribution in [0.15, 0.2) is 60.7 Å². The van der Waals surface area contributed by atoms with Crippen LogP contribution in [0.4, 0.5) is 5.13 Å². The Morgan fingerprint density at radius 2 is 1.58 bits per heavy atom. The maximum Gasteiger partial charge on any atom is 0.240 e. The fourth-order valence-electron chi connectivity index (χ4n) is 3.99. The van der Waals surface area contributed by atoms with Gasteiger partial charge in [-0.3, -0.25) is 14.5 Å². The normalized spacial score (nSPS) is 15.0. The van der Waals surface area contributed by atoms with Crippen molar-refractivity contribution in [3.05, 3.63) is 82.4 Å². The molecule has 5 nitrogen and oxygen atoms in total. The summed E-state index contributed by atoms with van der Waals surface area (Å²) in [5, 5.41) is 3.44. The topological polar surface area (TPSA) is 62.3 Å². The van der Waals surface area contributed by atoms with Crippen molar-refractivity contribution in [3.8, 4) is 0 Å². The molecule has 4 rings (SSSR count). The quantitative estimate of drug-likeness (QED) is 0.573. The van der Waals surface area contributed by atoms with Crippen LogP contribution in [0.25, 0.3) is 0 Å². The number of amides is 1. The van der Waals surface area contributed by atoms with E-state index in [2.05, 4.69) is 53.3 Å². The molecule has 1 heterocycles. The van der Waals surface area contributed by atoms with E-state index in [4.69, 9.17) is 0 Å². The van der Waals surface area contributed by atoms with Gasteiger partial charge in [0.05, 0.1) is 17.1 Å². The van der Waals surface area contributed by atoms with Gasteiger partial charge in [-0.15, -0.1) is 0 Å². The van der Waals surface area contributed by atoms with Crippen LogP contribution in [0, 0.1) is 5.41 Å². The van der Waals surface area contributed by atoms with E-state index in [1.54, 1.807) is 0 Å². The summed E-state index contributed by atoms with van der Waals surface area (Å²) in [5.74, 6) is 0.00343. The third kappa shape index (κ3) is 5.66. The molecular formula is C25H27N3O2S. The van der Waals surface area contributed by atoms with E-state index < -0.39 is 0 Å². The number of Topliss-reactive ketones (excluding diaryl/α,β-unsaturated/α-hetero) is 1. The zero-order valence-electron chi connectivity index (χ0n) is 17.9. The van der Waals surface area contributed by atoms with Crippen LogP contribution >= 0.6 is 11.3 Å². The van der Waals surface area contributed by atoms with Gasteiger partial charge in [-0.05, 0) is 23.0 Å². The smallest absolute Gasteiger partial charge is 0.240 e. The van der Waals surface area contributed by atoms with Crippen LogP contribution in [0.3, 0.4) is 0 Å². The van der Waals surface area contributed by atoms with Crippen molar-refractivity contribution in [2.24, 2.45) is 5.41 Å². The average molecular weight is 434 g/mol. The number of benzene rings is 2. The number of ketones is 1. The molecule has 0 bridgehead atoms. The van der Waals surface area contributed by atoms with Gasteiger partial charge in [0.1, 0.15) is 0 Å². The fourth-order valence-corrected chi connectivity index (χ4v) is 4.92. The van der Waals surface area contributed by atoms with Gasteiger partial charge in [0.2, 0.25) is 5.91 Å². The summed E-state index contributed by atoms with van der Waals surface area (Å²) in [4.78, 5) is 32.7. The molecule has 0 saturated carbocycles. The van der Waals surface area contributed by atoms with Gasteiger partial charge in [-0.25, -0.2) is 4.98 Å². The first-order valence-corrected chi connectivity index (χ1v) is 11.3. The summed E-state index contributed by atoms with van der Waals surface area (Å²) >= 11 is 1.30. The fraction of sp³-hybridized carbons (Fsp3) is 0.320. The minimum absolute atomic E-state index is 0.0817. The van der Waals surface area contributed by atoms with Crippen molar-refractivity contribution in [2.45, 2.75) is 39.8 Å². The molecule has 0 radical (unpaired) electrons. The van der Waals surface area contributed by atoms with Crippen molar-refractivity contribution in [1.82, 2.24) is 9.88 Å². The summed E-state index contributed by atoms with van der Waals surface area (Å²) in [6.07, 6.45) is 1.28. The number of hydrogen-bond acceptors (Lipinski definition) is 5. The van der Waals surface area contributed by atoms with Gasteiger partial charge >= 0.3 is 0 Å². The number of anilines is 1.